The number of nitrogens with two attached hydrogens (primary N) is 1. The fourth-order valence-corrected chi connectivity index (χ4v) is 4.90. The first kappa shape index (κ1) is 16.7. The standard InChI is InChI=1S/C13H25N3O4S/c1-3-20-13(17)12-5-4-7-16(12)21(18,19)15-8-6-11(14)10(2)9-15/h10-12H,3-9,14H2,1-2H3. The van der Waals surface area contributed by atoms with E-state index in [2.05, 4.69) is 0 Å². The average molecular weight is 319 g/mol. The lowest BCUT2D eigenvalue weighted by atomic mass is 9.96. The van der Waals surface area contributed by atoms with Crippen LogP contribution in [0.4, 0.5) is 0 Å². The Morgan fingerprint density at radius 2 is 2.05 bits per heavy atom. The van der Waals surface area contributed by atoms with Crippen LogP contribution in [-0.4, -0.2) is 61.3 Å². The predicted octanol–water partition coefficient (Wildman–Crippen LogP) is -0.0722. The Balaban J connectivity index is 2.13. The van der Waals surface area contributed by atoms with Crippen molar-refractivity contribution in [2.75, 3.05) is 26.2 Å². The SMILES string of the molecule is CCOC(=O)C1CCCN1S(=O)(=O)N1CCC(N)C(C)C1. The maximum atomic E-state index is 12.8. The zero-order valence-electron chi connectivity index (χ0n) is 12.7. The van der Waals surface area contributed by atoms with Gasteiger partial charge in [0.05, 0.1) is 6.61 Å². The van der Waals surface area contributed by atoms with Crippen molar-refractivity contribution in [2.24, 2.45) is 11.7 Å². The third-order valence-electron chi connectivity index (χ3n) is 4.32. The summed E-state index contributed by atoms with van der Waals surface area (Å²) in [5.74, 6) is -0.322. The number of rotatable bonds is 4. The second-order valence-corrected chi connectivity index (χ2v) is 7.70. The zero-order chi connectivity index (χ0) is 15.6. The Bertz CT molecular complexity index is 482. The van der Waals surface area contributed by atoms with E-state index in [1.54, 1.807) is 6.92 Å². The van der Waals surface area contributed by atoms with E-state index in [-0.39, 0.29) is 18.6 Å². The van der Waals surface area contributed by atoms with Crippen LogP contribution in [0.5, 0.6) is 0 Å². The maximum absolute atomic E-state index is 12.8. The van der Waals surface area contributed by atoms with E-state index >= 15 is 0 Å². The van der Waals surface area contributed by atoms with Crippen molar-refractivity contribution in [3.63, 3.8) is 0 Å². The summed E-state index contributed by atoms with van der Waals surface area (Å²) in [6, 6.07) is -0.642. The molecule has 7 nitrogen and oxygen atoms in total. The minimum atomic E-state index is -3.62. The first-order chi connectivity index (χ1) is 9.87. The van der Waals surface area contributed by atoms with Gasteiger partial charge in [0.15, 0.2) is 0 Å². The first-order valence-corrected chi connectivity index (χ1v) is 8.96. The molecule has 2 aliphatic rings. The van der Waals surface area contributed by atoms with Crippen molar-refractivity contribution in [2.45, 2.75) is 45.2 Å². The summed E-state index contributed by atoms with van der Waals surface area (Å²) in [6.07, 6.45) is 1.87. The largest absolute Gasteiger partial charge is 0.465 e. The highest BCUT2D eigenvalue weighted by Crippen LogP contribution is 2.27. The summed E-state index contributed by atoms with van der Waals surface area (Å²) in [5, 5.41) is 0. The molecule has 0 amide bonds. The summed E-state index contributed by atoms with van der Waals surface area (Å²) in [6.45, 7) is 5.15. The molecule has 0 aliphatic carbocycles. The minimum Gasteiger partial charge on any atom is -0.465 e. The Morgan fingerprint density at radius 3 is 2.67 bits per heavy atom. The van der Waals surface area contributed by atoms with Crippen molar-refractivity contribution in [1.82, 2.24) is 8.61 Å². The lowest BCUT2D eigenvalue weighted by molar-refractivity contribution is -0.146. The molecule has 2 rings (SSSR count). The molecule has 2 N–H and O–H groups in total. The first-order valence-electron chi connectivity index (χ1n) is 7.57. The van der Waals surface area contributed by atoms with Crippen molar-refractivity contribution in [3.05, 3.63) is 0 Å². The second-order valence-electron chi connectivity index (χ2n) is 5.82. The Kier molecular flexibility index (Phi) is 5.24. The van der Waals surface area contributed by atoms with Crippen LogP contribution in [0.15, 0.2) is 0 Å². The molecule has 21 heavy (non-hydrogen) atoms. The van der Waals surface area contributed by atoms with Gasteiger partial charge >= 0.3 is 5.97 Å². The van der Waals surface area contributed by atoms with Gasteiger partial charge in [-0.3, -0.25) is 4.79 Å². The highest BCUT2D eigenvalue weighted by Gasteiger charge is 2.43. The van der Waals surface area contributed by atoms with E-state index in [1.165, 1.54) is 8.61 Å². The molecule has 0 aromatic rings. The van der Waals surface area contributed by atoms with Gasteiger partial charge in [-0.05, 0) is 32.1 Å². The third-order valence-corrected chi connectivity index (χ3v) is 6.33. The van der Waals surface area contributed by atoms with Crippen LogP contribution in [0, 0.1) is 5.92 Å². The van der Waals surface area contributed by atoms with E-state index in [1.807, 2.05) is 6.92 Å². The average Bonchev–Trinajstić information content (AvgIpc) is 2.92. The van der Waals surface area contributed by atoms with Gasteiger partial charge in [-0.25, -0.2) is 0 Å². The molecule has 0 radical (unpaired) electrons. The lowest BCUT2D eigenvalue weighted by Crippen LogP contribution is -2.54. The van der Waals surface area contributed by atoms with E-state index < -0.39 is 22.2 Å². The fourth-order valence-electron chi connectivity index (χ4n) is 2.97. The summed E-state index contributed by atoms with van der Waals surface area (Å²) < 4.78 is 33.3. The lowest BCUT2D eigenvalue weighted by Gasteiger charge is -2.37. The molecule has 0 aromatic carbocycles. The quantitative estimate of drug-likeness (QED) is 0.732. The van der Waals surface area contributed by atoms with Gasteiger partial charge in [-0.15, -0.1) is 0 Å². The fraction of sp³-hybridized carbons (Fsp3) is 0.923. The number of nitrogens with zero attached hydrogens (tertiary/aromatic N) is 2. The number of hydrogen-bond acceptors (Lipinski definition) is 5. The topological polar surface area (TPSA) is 92.9 Å². The molecule has 8 heteroatoms. The molecule has 0 saturated carbocycles. The highest BCUT2D eigenvalue weighted by atomic mass is 32.2. The minimum absolute atomic E-state index is 0.0379. The molecule has 3 unspecified atom stereocenters. The third kappa shape index (κ3) is 3.39. The Labute approximate surface area is 126 Å². The van der Waals surface area contributed by atoms with Gasteiger partial charge in [0.2, 0.25) is 0 Å². The van der Waals surface area contributed by atoms with Crippen molar-refractivity contribution in [1.29, 1.82) is 0 Å². The van der Waals surface area contributed by atoms with Crippen molar-refractivity contribution < 1.29 is 17.9 Å². The molecule has 2 aliphatic heterocycles. The normalized spacial score (nSPS) is 32.2. The van der Waals surface area contributed by atoms with Crippen molar-refractivity contribution >= 4 is 16.2 Å². The highest BCUT2D eigenvalue weighted by molar-refractivity contribution is 7.86. The molecule has 2 saturated heterocycles. The summed E-state index contributed by atoms with van der Waals surface area (Å²) in [7, 11) is -3.62. The van der Waals surface area contributed by atoms with Crippen LogP contribution in [0.1, 0.15) is 33.1 Å². The Hall–Kier alpha value is -0.700. The molecular formula is C13H25N3O4S. The molecule has 0 aromatic heterocycles. The number of hydrogen-bond donors (Lipinski definition) is 1. The molecular weight excluding hydrogens is 294 g/mol. The summed E-state index contributed by atoms with van der Waals surface area (Å²) >= 11 is 0. The predicted molar refractivity (Wildman–Crippen MR) is 78.6 cm³/mol. The molecule has 3 atom stereocenters. The van der Waals surface area contributed by atoms with Crippen LogP contribution < -0.4 is 5.73 Å². The van der Waals surface area contributed by atoms with Crippen LogP contribution in [0.3, 0.4) is 0 Å². The van der Waals surface area contributed by atoms with Crippen LogP contribution in [-0.2, 0) is 19.7 Å². The number of esters is 1. The second kappa shape index (κ2) is 6.60. The maximum Gasteiger partial charge on any atom is 0.324 e. The molecule has 0 bridgehead atoms. The number of carbonyl (C=O) groups is 1. The summed E-state index contributed by atoms with van der Waals surface area (Å²) in [4.78, 5) is 11.9. The van der Waals surface area contributed by atoms with Crippen molar-refractivity contribution in [3.8, 4) is 0 Å². The Morgan fingerprint density at radius 1 is 1.33 bits per heavy atom. The molecule has 2 fully saturated rings. The van der Waals surface area contributed by atoms with Gasteiger partial charge in [0, 0.05) is 25.7 Å². The van der Waals surface area contributed by atoms with E-state index in [0.29, 0.717) is 38.9 Å². The molecule has 0 spiro atoms. The van der Waals surface area contributed by atoms with Crippen LogP contribution in [0.2, 0.25) is 0 Å². The van der Waals surface area contributed by atoms with Crippen LogP contribution in [0.25, 0.3) is 0 Å². The monoisotopic (exact) mass is 319 g/mol. The van der Waals surface area contributed by atoms with Gasteiger partial charge in [0.25, 0.3) is 10.2 Å². The number of ether oxygens (including phenoxy) is 1. The van der Waals surface area contributed by atoms with Gasteiger partial charge in [-0.1, -0.05) is 6.92 Å². The van der Waals surface area contributed by atoms with E-state index in [0.717, 1.165) is 0 Å². The smallest absolute Gasteiger partial charge is 0.324 e. The number of piperidine rings is 1. The van der Waals surface area contributed by atoms with Gasteiger partial charge in [-0.2, -0.15) is 17.0 Å². The zero-order valence-corrected chi connectivity index (χ0v) is 13.5. The van der Waals surface area contributed by atoms with Gasteiger partial charge < -0.3 is 10.5 Å². The number of carbonyl (C=O) groups excluding carboxylic acids is 1. The molecule has 122 valence electrons. The van der Waals surface area contributed by atoms with Gasteiger partial charge in [0.1, 0.15) is 6.04 Å². The van der Waals surface area contributed by atoms with Crippen LogP contribution >= 0.6 is 0 Å². The molecule has 2 heterocycles. The van der Waals surface area contributed by atoms with E-state index in [9.17, 15) is 13.2 Å². The van der Waals surface area contributed by atoms with E-state index in [4.69, 9.17) is 10.5 Å². The summed E-state index contributed by atoms with van der Waals surface area (Å²) in [5.41, 5.74) is 5.94.